The van der Waals surface area contributed by atoms with Gasteiger partial charge in [0, 0.05) is 0 Å². The summed E-state index contributed by atoms with van der Waals surface area (Å²) >= 11 is 0. The molecule has 0 aliphatic rings. The summed E-state index contributed by atoms with van der Waals surface area (Å²) in [4.78, 5) is 23.1. The highest BCUT2D eigenvalue weighted by atomic mass is 16.4. The van der Waals surface area contributed by atoms with Crippen molar-refractivity contribution in [3.05, 3.63) is 59.7 Å². The van der Waals surface area contributed by atoms with E-state index in [4.69, 9.17) is 0 Å². The summed E-state index contributed by atoms with van der Waals surface area (Å²) in [6.45, 7) is 0. The van der Waals surface area contributed by atoms with Crippen LogP contribution in [-0.4, -0.2) is 22.2 Å². The van der Waals surface area contributed by atoms with Crippen LogP contribution < -0.4 is 0 Å². The monoisotopic (exact) mass is 266 g/mol. The normalized spacial score (nSPS) is 10.8. The lowest BCUT2D eigenvalue weighted by atomic mass is 9.92. The molecule has 4 heteroatoms. The van der Waals surface area contributed by atoms with E-state index in [0.717, 1.165) is 0 Å². The Balaban J connectivity index is 2.69. The zero-order valence-electron chi connectivity index (χ0n) is 10.3. The Morgan fingerprint density at radius 2 is 0.850 bits per heavy atom. The molecule has 0 unspecified atom stereocenters. The number of fused-ring (bicyclic) bond motifs is 2. The van der Waals surface area contributed by atoms with Crippen molar-refractivity contribution < 1.29 is 19.8 Å². The Morgan fingerprint density at radius 1 is 0.600 bits per heavy atom. The summed E-state index contributed by atoms with van der Waals surface area (Å²) in [5.74, 6) is -2.12. The largest absolute Gasteiger partial charge is 0.478 e. The zero-order valence-corrected chi connectivity index (χ0v) is 10.3. The topological polar surface area (TPSA) is 74.6 Å². The molecule has 98 valence electrons. The molecule has 0 heterocycles. The molecule has 20 heavy (non-hydrogen) atoms. The van der Waals surface area contributed by atoms with Gasteiger partial charge >= 0.3 is 11.9 Å². The van der Waals surface area contributed by atoms with Crippen LogP contribution >= 0.6 is 0 Å². The molecule has 0 atom stereocenters. The molecule has 0 aliphatic carbocycles. The van der Waals surface area contributed by atoms with E-state index in [-0.39, 0.29) is 11.1 Å². The second-order valence-electron chi connectivity index (χ2n) is 4.45. The van der Waals surface area contributed by atoms with Crippen LogP contribution in [0.25, 0.3) is 21.5 Å². The first-order valence-electron chi connectivity index (χ1n) is 6.01. The molecule has 0 aliphatic heterocycles. The Labute approximate surface area is 113 Å². The standard InChI is InChI=1S/C16H10O4/c17-15(18)13-9-5-1-2-6-10(9)14(16(19)20)12-8-4-3-7-11(12)13/h1-8H,(H,17,18)(H,19,20). The van der Waals surface area contributed by atoms with Gasteiger partial charge in [0.25, 0.3) is 0 Å². The Kier molecular flexibility index (Phi) is 2.64. The molecule has 0 saturated heterocycles. The highest BCUT2D eigenvalue weighted by molar-refractivity contribution is 6.23. The van der Waals surface area contributed by atoms with Crippen molar-refractivity contribution in [1.82, 2.24) is 0 Å². The van der Waals surface area contributed by atoms with Crippen LogP contribution in [0.4, 0.5) is 0 Å². The molecular weight excluding hydrogens is 256 g/mol. The second kappa shape index (κ2) is 4.35. The fourth-order valence-electron chi connectivity index (χ4n) is 2.59. The fraction of sp³-hybridized carbons (Fsp3) is 0. The smallest absolute Gasteiger partial charge is 0.336 e. The third-order valence-electron chi connectivity index (χ3n) is 3.36. The van der Waals surface area contributed by atoms with Gasteiger partial charge in [-0.1, -0.05) is 48.5 Å². The van der Waals surface area contributed by atoms with Crippen molar-refractivity contribution in [2.24, 2.45) is 0 Å². The first-order valence-corrected chi connectivity index (χ1v) is 6.01. The zero-order chi connectivity index (χ0) is 14.3. The molecule has 3 rings (SSSR count). The molecule has 4 nitrogen and oxygen atoms in total. The van der Waals surface area contributed by atoms with Crippen molar-refractivity contribution in [2.45, 2.75) is 0 Å². The molecule has 0 bridgehead atoms. The molecule has 0 radical (unpaired) electrons. The van der Waals surface area contributed by atoms with E-state index >= 15 is 0 Å². The van der Waals surface area contributed by atoms with Crippen LogP contribution in [0.2, 0.25) is 0 Å². The van der Waals surface area contributed by atoms with Gasteiger partial charge in [-0.25, -0.2) is 9.59 Å². The van der Waals surface area contributed by atoms with Crippen molar-refractivity contribution in [3.8, 4) is 0 Å². The van der Waals surface area contributed by atoms with E-state index in [1.807, 2.05) is 0 Å². The Hall–Kier alpha value is -2.88. The summed E-state index contributed by atoms with van der Waals surface area (Å²) < 4.78 is 0. The van der Waals surface area contributed by atoms with Gasteiger partial charge in [-0.05, 0) is 21.5 Å². The molecule has 3 aromatic carbocycles. The quantitative estimate of drug-likeness (QED) is 0.697. The summed E-state index contributed by atoms with van der Waals surface area (Å²) in [5.41, 5.74) is 0.280. The van der Waals surface area contributed by atoms with E-state index in [9.17, 15) is 19.8 Å². The van der Waals surface area contributed by atoms with Gasteiger partial charge in [-0.2, -0.15) is 0 Å². The van der Waals surface area contributed by atoms with Gasteiger partial charge in [0.1, 0.15) is 0 Å². The molecule has 0 aromatic heterocycles. The number of benzene rings is 3. The number of carbonyl (C=O) groups is 2. The predicted octanol–water partition coefficient (Wildman–Crippen LogP) is 3.39. The summed E-state index contributed by atoms with van der Waals surface area (Å²) in [7, 11) is 0. The lowest BCUT2D eigenvalue weighted by molar-refractivity contribution is 0.0687. The number of hydrogen-bond donors (Lipinski definition) is 2. The Bertz CT molecular complexity index is 736. The number of carboxylic acids is 2. The van der Waals surface area contributed by atoms with E-state index in [1.54, 1.807) is 48.5 Å². The van der Waals surface area contributed by atoms with Gasteiger partial charge in [0.15, 0.2) is 0 Å². The maximum absolute atomic E-state index is 11.6. The third kappa shape index (κ3) is 1.62. The van der Waals surface area contributed by atoms with Crippen LogP contribution in [0, 0.1) is 0 Å². The van der Waals surface area contributed by atoms with Crippen LogP contribution in [0.1, 0.15) is 20.7 Å². The minimum atomic E-state index is -1.06. The van der Waals surface area contributed by atoms with Crippen LogP contribution in [0.5, 0.6) is 0 Å². The van der Waals surface area contributed by atoms with Crippen molar-refractivity contribution in [2.75, 3.05) is 0 Å². The van der Waals surface area contributed by atoms with E-state index in [0.29, 0.717) is 21.5 Å². The minimum absolute atomic E-state index is 0.140. The van der Waals surface area contributed by atoms with Gasteiger partial charge < -0.3 is 10.2 Å². The lowest BCUT2D eigenvalue weighted by Gasteiger charge is -2.11. The second-order valence-corrected chi connectivity index (χ2v) is 4.45. The molecule has 0 amide bonds. The van der Waals surface area contributed by atoms with Crippen LogP contribution in [-0.2, 0) is 0 Å². The molecule has 2 N–H and O–H groups in total. The third-order valence-corrected chi connectivity index (χ3v) is 3.36. The summed E-state index contributed by atoms with van der Waals surface area (Å²) in [5, 5.41) is 20.7. The van der Waals surface area contributed by atoms with Crippen molar-refractivity contribution >= 4 is 33.5 Å². The maximum Gasteiger partial charge on any atom is 0.336 e. The van der Waals surface area contributed by atoms with Gasteiger partial charge in [-0.15, -0.1) is 0 Å². The average Bonchev–Trinajstić information content (AvgIpc) is 2.43. The van der Waals surface area contributed by atoms with Gasteiger partial charge in [0.2, 0.25) is 0 Å². The lowest BCUT2D eigenvalue weighted by Crippen LogP contribution is -2.05. The molecule has 0 spiro atoms. The predicted molar refractivity (Wildman–Crippen MR) is 75.4 cm³/mol. The van der Waals surface area contributed by atoms with Crippen molar-refractivity contribution in [3.63, 3.8) is 0 Å². The molecule has 3 aromatic rings. The van der Waals surface area contributed by atoms with E-state index in [1.165, 1.54) is 0 Å². The molecular formula is C16H10O4. The molecule has 0 saturated carbocycles. The maximum atomic E-state index is 11.6. The van der Waals surface area contributed by atoms with Crippen molar-refractivity contribution in [1.29, 1.82) is 0 Å². The summed E-state index contributed by atoms with van der Waals surface area (Å²) in [6.07, 6.45) is 0. The minimum Gasteiger partial charge on any atom is -0.478 e. The highest BCUT2D eigenvalue weighted by Gasteiger charge is 2.20. The first-order chi connectivity index (χ1) is 9.61. The number of hydrogen-bond acceptors (Lipinski definition) is 2. The van der Waals surface area contributed by atoms with E-state index < -0.39 is 11.9 Å². The Morgan fingerprint density at radius 3 is 1.05 bits per heavy atom. The first kappa shape index (κ1) is 12.2. The summed E-state index contributed by atoms with van der Waals surface area (Å²) in [6, 6.07) is 13.4. The number of rotatable bonds is 2. The molecule has 0 fully saturated rings. The van der Waals surface area contributed by atoms with Crippen LogP contribution in [0.3, 0.4) is 0 Å². The van der Waals surface area contributed by atoms with E-state index in [2.05, 4.69) is 0 Å². The van der Waals surface area contributed by atoms with Gasteiger partial charge in [0.05, 0.1) is 11.1 Å². The SMILES string of the molecule is O=C(O)c1c2ccccc2c(C(=O)O)c2ccccc12. The number of aromatic carboxylic acids is 2. The van der Waals surface area contributed by atoms with Crippen LogP contribution in [0.15, 0.2) is 48.5 Å². The van der Waals surface area contributed by atoms with Gasteiger partial charge in [-0.3, -0.25) is 0 Å². The number of carboxylic acid groups (broad SMARTS) is 2. The average molecular weight is 266 g/mol. The fourth-order valence-corrected chi connectivity index (χ4v) is 2.59. The highest BCUT2D eigenvalue weighted by Crippen LogP contribution is 2.32.